The molecule has 3 aliphatic heterocycles. The Hall–Kier alpha value is -0.810. The zero-order chi connectivity index (χ0) is 15.5. The minimum Gasteiger partial charge on any atom is -0.342 e. The fourth-order valence-electron chi connectivity index (χ4n) is 3.95. The molecule has 3 fully saturated rings. The van der Waals surface area contributed by atoms with Crippen LogP contribution in [0.25, 0.3) is 0 Å². The number of halogens is 1. The lowest BCUT2D eigenvalue weighted by Crippen LogP contribution is -2.49. The van der Waals surface area contributed by atoms with E-state index >= 15 is 0 Å². The molecule has 0 radical (unpaired) electrons. The van der Waals surface area contributed by atoms with Gasteiger partial charge >= 0.3 is 0 Å². The minimum atomic E-state index is 0. The molecule has 0 aromatic heterocycles. The number of amides is 2. The van der Waals surface area contributed by atoms with Gasteiger partial charge in [-0.05, 0) is 51.0 Å². The highest BCUT2D eigenvalue weighted by molar-refractivity contribution is 5.85. The summed E-state index contributed by atoms with van der Waals surface area (Å²) in [5.41, 5.74) is 0. The van der Waals surface area contributed by atoms with Crippen LogP contribution in [0.2, 0.25) is 0 Å². The molecule has 0 aromatic carbocycles. The van der Waals surface area contributed by atoms with E-state index in [0.717, 1.165) is 77.2 Å². The van der Waals surface area contributed by atoms with Crippen molar-refractivity contribution in [2.24, 2.45) is 11.8 Å². The number of piperidine rings is 2. The monoisotopic (exact) mass is 343 g/mol. The van der Waals surface area contributed by atoms with E-state index < -0.39 is 0 Å². The Bertz CT molecular complexity index is 410. The van der Waals surface area contributed by atoms with E-state index in [-0.39, 0.29) is 30.3 Å². The number of nitrogens with one attached hydrogen (secondary N) is 1. The number of carbonyl (C=O) groups excluding carboxylic acids is 2. The van der Waals surface area contributed by atoms with Gasteiger partial charge in [-0.25, -0.2) is 0 Å². The molecular weight excluding hydrogens is 314 g/mol. The first-order chi connectivity index (χ1) is 10.6. The highest BCUT2D eigenvalue weighted by Gasteiger charge is 2.33. The van der Waals surface area contributed by atoms with Crippen LogP contribution in [-0.2, 0) is 9.59 Å². The highest BCUT2D eigenvalue weighted by Crippen LogP contribution is 2.24. The summed E-state index contributed by atoms with van der Waals surface area (Å²) < 4.78 is 0. The molecule has 0 spiro atoms. The Labute approximate surface area is 145 Å². The lowest BCUT2D eigenvalue weighted by atomic mass is 9.92. The van der Waals surface area contributed by atoms with Gasteiger partial charge in [0.15, 0.2) is 0 Å². The van der Waals surface area contributed by atoms with E-state index in [1.54, 1.807) is 0 Å². The third-order valence-corrected chi connectivity index (χ3v) is 5.61. The predicted octanol–water partition coefficient (Wildman–Crippen LogP) is 1.66. The van der Waals surface area contributed by atoms with Gasteiger partial charge in [-0.2, -0.15) is 0 Å². The van der Waals surface area contributed by atoms with Crippen molar-refractivity contribution in [1.82, 2.24) is 15.1 Å². The van der Waals surface area contributed by atoms with Crippen LogP contribution in [0.3, 0.4) is 0 Å². The van der Waals surface area contributed by atoms with Crippen molar-refractivity contribution in [3.8, 4) is 0 Å². The Morgan fingerprint density at radius 3 is 2.00 bits per heavy atom. The number of carbonyl (C=O) groups is 2. The second-order valence-corrected chi connectivity index (χ2v) is 7.26. The van der Waals surface area contributed by atoms with Gasteiger partial charge in [0.05, 0.1) is 6.04 Å². The Morgan fingerprint density at radius 2 is 1.43 bits per heavy atom. The van der Waals surface area contributed by atoms with Crippen LogP contribution in [-0.4, -0.2) is 60.4 Å². The van der Waals surface area contributed by atoms with Crippen LogP contribution in [0.5, 0.6) is 0 Å². The molecule has 1 atom stereocenters. The molecule has 132 valence electrons. The largest absolute Gasteiger partial charge is 0.342 e. The number of nitrogens with zero attached hydrogens (tertiary/aromatic N) is 2. The smallest absolute Gasteiger partial charge is 0.239 e. The maximum Gasteiger partial charge on any atom is 0.239 e. The molecule has 3 aliphatic rings. The van der Waals surface area contributed by atoms with Crippen molar-refractivity contribution in [1.29, 1.82) is 0 Å². The van der Waals surface area contributed by atoms with Crippen molar-refractivity contribution < 1.29 is 9.59 Å². The van der Waals surface area contributed by atoms with Crippen LogP contribution >= 0.6 is 12.4 Å². The van der Waals surface area contributed by atoms with Gasteiger partial charge in [0.25, 0.3) is 0 Å². The first-order valence-corrected chi connectivity index (χ1v) is 8.96. The molecule has 1 unspecified atom stereocenters. The third kappa shape index (κ3) is 4.38. The zero-order valence-electron chi connectivity index (χ0n) is 14.1. The first-order valence-electron chi connectivity index (χ1n) is 8.96. The van der Waals surface area contributed by atoms with Crippen molar-refractivity contribution in [2.75, 3.05) is 32.7 Å². The summed E-state index contributed by atoms with van der Waals surface area (Å²) >= 11 is 0. The van der Waals surface area contributed by atoms with Gasteiger partial charge < -0.3 is 15.1 Å². The van der Waals surface area contributed by atoms with Crippen molar-refractivity contribution in [2.45, 2.75) is 51.5 Å². The van der Waals surface area contributed by atoms with Gasteiger partial charge in [0.1, 0.15) is 0 Å². The molecular formula is C17H30ClN3O2. The van der Waals surface area contributed by atoms with E-state index in [1.807, 2.05) is 4.90 Å². The molecule has 3 heterocycles. The number of rotatable bonds is 2. The summed E-state index contributed by atoms with van der Waals surface area (Å²) in [6, 6.07) is 0.0239. The van der Waals surface area contributed by atoms with E-state index in [1.165, 1.54) is 0 Å². The normalized spacial score (nSPS) is 26.9. The van der Waals surface area contributed by atoms with Gasteiger partial charge in [-0.3, -0.25) is 9.59 Å². The molecule has 23 heavy (non-hydrogen) atoms. The maximum atomic E-state index is 12.6. The molecule has 6 heteroatoms. The van der Waals surface area contributed by atoms with Crippen LogP contribution in [0.1, 0.15) is 45.4 Å². The lowest BCUT2D eigenvalue weighted by molar-refractivity contribution is -0.142. The summed E-state index contributed by atoms with van der Waals surface area (Å²) in [7, 11) is 0. The summed E-state index contributed by atoms with van der Waals surface area (Å²) in [4.78, 5) is 29.0. The molecule has 0 saturated carbocycles. The topological polar surface area (TPSA) is 52.7 Å². The van der Waals surface area contributed by atoms with Crippen LogP contribution in [0.15, 0.2) is 0 Å². The second-order valence-electron chi connectivity index (χ2n) is 7.26. The molecule has 0 bridgehead atoms. The van der Waals surface area contributed by atoms with E-state index in [2.05, 4.69) is 17.1 Å². The molecule has 3 rings (SSSR count). The quantitative estimate of drug-likeness (QED) is 0.829. The molecule has 3 saturated heterocycles. The van der Waals surface area contributed by atoms with E-state index in [4.69, 9.17) is 0 Å². The van der Waals surface area contributed by atoms with Crippen molar-refractivity contribution >= 4 is 24.2 Å². The first kappa shape index (κ1) is 18.5. The number of likely N-dealkylation sites (tertiary alicyclic amines) is 2. The van der Waals surface area contributed by atoms with E-state index in [0.29, 0.717) is 5.91 Å². The summed E-state index contributed by atoms with van der Waals surface area (Å²) in [5, 5.41) is 3.28. The Kier molecular flexibility index (Phi) is 6.72. The summed E-state index contributed by atoms with van der Waals surface area (Å²) in [6.07, 6.45) is 6.00. The molecule has 2 amide bonds. The average Bonchev–Trinajstić information content (AvgIpc) is 3.09. The van der Waals surface area contributed by atoms with Crippen molar-refractivity contribution in [3.63, 3.8) is 0 Å². The second kappa shape index (κ2) is 8.34. The predicted molar refractivity (Wildman–Crippen MR) is 92.6 cm³/mol. The third-order valence-electron chi connectivity index (χ3n) is 5.61. The zero-order valence-corrected chi connectivity index (χ0v) is 14.9. The van der Waals surface area contributed by atoms with Crippen LogP contribution < -0.4 is 5.32 Å². The standard InChI is InChI=1S/C17H29N3O2.ClH/c1-13-4-9-19(10-5-13)16(21)14-6-11-20(12-7-14)17(22)15-3-2-8-18-15;/h13-15,18H,2-12H2,1H3;1H. The lowest BCUT2D eigenvalue weighted by Gasteiger charge is -2.37. The summed E-state index contributed by atoms with van der Waals surface area (Å²) in [6.45, 7) is 6.56. The fourth-order valence-corrected chi connectivity index (χ4v) is 3.95. The highest BCUT2D eigenvalue weighted by atomic mass is 35.5. The maximum absolute atomic E-state index is 12.6. The molecule has 0 aliphatic carbocycles. The molecule has 0 aromatic rings. The van der Waals surface area contributed by atoms with Gasteiger partial charge in [-0.15, -0.1) is 12.4 Å². The van der Waals surface area contributed by atoms with Crippen molar-refractivity contribution in [3.05, 3.63) is 0 Å². The van der Waals surface area contributed by atoms with Gasteiger partial charge in [0.2, 0.25) is 11.8 Å². The minimum absolute atomic E-state index is 0. The SMILES string of the molecule is CC1CCN(C(=O)C2CCN(C(=O)C3CCCN3)CC2)CC1.Cl. The average molecular weight is 344 g/mol. The van der Waals surface area contributed by atoms with Crippen LogP contribution in [0, 0.1) is 11.8 Å². The Morgan fingerprint density at radius 1 is 0.870 bits per heavy atom. The fraction of sp³-hybridized carbons (Fsp3) is 0.882. The molecule has 1 N–H and O–H groups in total. The van der Waals surface area contributed by atoms with E-state index in [9.17, 15) is 9.59 Å². The Balaban J connectivity index is 0.00000192. The van der Waals surface area contributed by atoms with Crippen LogP contribution in [0.4, 0.5) is 0 Å². The number of hydrogen-bond donors (Lipinski definition) is 1. The van der Waals surface area contributed by atoms with Gasteiger partial charge in [0, 0.05) is 32.1 Å². The number of hydrogen-bond acceptors (Lipinski definition) is 3. The molecule has 5 nitrogen and oxygen atoms in total. The summed E-state index contributed by atoms with van der Waals surface area (Å²) in [5.74, 6) is 1.46. The van der Waals surface area contributed by atoms with Gasteiger partial charge in [-0.1, -0.05) is 6.92 Å².